The molecule has 0 fully saturated rings. The predicted octanol–water partition coefficient (Wildman–Crippen LogP) is 3.09. The van der Waals surface area contributed by atoms with E-state index in [4.69, 9.17) is 5.26 Å². The molecule has 0 aliphatic rings. The molecule has 0 saturated carbocycles. The van der Waals surface area contributed by atoms with Crippen LogP contribution >= 0.6 is 0 Å². The summed E-state index contributed by atoms with van der Waals surface area (Å²) in [4.78, 5) is 8.54. The maximum absolute atomic E-state index is 9.13. The molecular formula is C15H17N5. The van der Waals surface area contributed by atoms with Gasteiger partial charge in [0, 0.05) is 12.6 Å². The molecule has 20 heavy (non-hydrogen) atoms. The third-order valence-corrected chi connectivity index (χ3v) is 2.98. The van der Waals surface area contributed by atoms with E-state index in [9.17, 15) is 0 Å². The number of nitrogens with zero attached hydrogens (tertiary/aromatic N) is 3. The standard InChI is InChI=1S/C15H17N5/c1-3-6-12-14(17-2)18-10-19-15(12)20-13-8-5-4-7-11(13)9-16/h4-5,7-8,10H,3,6H2,1-2H3,(H2,17,18,19,20). The Hall–Kier alpha value is -2.61. The fourth-order valence-corrected chi connectivity index (χ4v) is 2.04. The summed E-state index contributed by atoms with van der Waals surface area (Å²) in [7, 11) is 1.84. The second-order valence-electron chi connectivity index (χ2n) is 4.33. The molecule has 2 N–H and O–H groups in total. The average molecular weight is 267 g/mol. The highest BCUT2D eigenvalue weighted by atomic mass is 15.1. The first-order valence-electron chi connectivity index (χ1n) is 6.58. The highest BCUT2D eigenvalue weighted by molar-refractivity contribution is 5.69. The Bertz CT molecular complexity index is 630. The van der Waals surface area contributed by atoms with Gasteiger partial charge in [-0.2, -0.15) is 5.26 Å². The van der Waals surface area contributed by atoms with E-state index in [1.54, 1.807) is 6.07 Å². The monoisotopic (exact) mass is 267 g/mol. The third kappa shape index (κ3) is 2.86. The van der Waals surface area contributed by atoms with Crippen LogP contribution in [0.3, 0.4) is 0 Å². The van der Waals surface area contributed by atoms with Crippen LogP contribution < -0.4 is 10.6 Å². The van der Waals surface area contributed by atoms with Crippen LogP contribution in [0.4, 0.5) is 17.3 Å². The summed E-state index contributed by atoms with van der Waals surface area (Å²) in [6.45, 7) is 2.11. The van der Waals surface area contributed by atoms with E-state index in [0.717, 1.165) is 35.7 Å². The van der Waals surface area contributed by atoms with Crippen LogP contribution in [0.15, 0.2) is 30.6 Å². The van der Waals surface area contributed by atoms with Gasteiger partial charge >= 0.3 is 0 Å². The Kier molecular flexibility index (Phi) is 4.51. The maximum Gasteiger partial charge on any atom is 0.139 e. The molecule has 0 amide bonds. The van der Waals surface area contributed by atoms with E-state index < -0.39 is 0 Å². The largest absolute Gasteiger partial charge is 0.373 e. The summed E-state index contributed by atoms with van der Waals surface area (Å²) < 4.78 is 0. The SMILES string of the molecule is CCCc1c(NC)ncnc1Nc1ccccc1C#N. The van der Waals surface area contributed by atoms with Crippen molar-refractivity contribution in [2.45, 2.75) is 19.8 Å². The molecule has 0 aliphatic carbocycles. The molecule has 2 rings (SSSR count). The summed E-state index contributed by atoms with van der Waals surface area (Å²) in [6.07, 6.45) is 3.38. The normalized spacial score (nSPS) is 9.85. The first-order valence-corrected chi connectivity index (χ1v) is 6.58. The molecule has 2 aromatic rings. The smallest absolute Gasteiger partial charge is 0.139 e. The van der Waals surface area contributed by atoms with E-state index in [-0.39, 0.29) is 0 Å². The average Bonchev–Trinajstić information content (AvgIpc) is 2.49. The zero-order valence-electron chi connectivity index (χ0n) is 11.6. The number of benzene rings is 1. The van der Waals surface area contributed by atoms with Gasteiger partial charge in [-0.3, -0.25) is 0 Å². The van der Waals surface area contributed by atoms with Crippen LogP contribution in [-0.4, -0.2) is 17.0 Å². The second-order valence-corrected chi connectivity index (χ2v) is 4.33. The molecule has 1 aromatic heterocycles. The zero-order valence-corrected chi connectivity index (χ0v) is 11.6. The van der Waals surface area contributed by atoms with E-state index in [0.29, 0.717) is 5.56 Å². The summed E-state index contributed by atoms with van der Waals surface area (Å²) in [5.41, 5.74) is 2.39. The lowest BCUT2D eigenvalue weighted by atomic mass is 10.1. The number of para-hydroxylation sites is 1. The number of anilines is 3. The highest BCUT2D eigenvalue weighted by Crippen LogP contribution is 2.26. The van der Waals surface area contributed by atoms with Gasteiger partial charge in [-0.05, 0) is 18.6 Å². The maximum atomic E-state index is 9.13. The van der Waals surface area contributed by atoms with Crippen molar-refractivity contribution in [2.24, 2.45) is 0 Å². The molecule has 0 spiro atoms. The molecule has 5 nitrogen and oxygen atoms in total. The minimum atomic E-state index is 0.597. The molecule has 102 valence electrons. The van der Waals surface area contributed by atoms with Gasteiger partial charge in [0.05, 0.1) is 11.3 Å². The quantitative estimate of drug-likeness (QED) is 0.870. The molecule has 5 heteroatoms. The van der Waals surface area contributed by atoms with Crippen LogP contribution in [0.5, 0.6) is 0 Å². The molecule has 1 heterocycles. The van der Waals surface area contributed by atoms with Gasteiger partial charge in [0.15, 0.2) is 0 Å². The van der Waals surface area contributed by atoms with E-state index in [1.165, 1.54) is 6.33 Å². The lowest BCUT2D eigenvalue weighted by Crippen LogP contribution is -2.06. The Morgan fingerprint density at radius 2 is 1.95 bits per heavy atom. The van der Waals surface area contributed by atoms with Crippen molar-refractivity contribution in [3.63, 3.8) is 0 Å². The van der Waals surface area contributed by atoms with Gasteiger partial charge in [-0.25, -0.2) is 9.97 Å². The molecule has 0 atom stereocenters. The van der Waals surface area contributed by atoms with Crippen molar-refractivity contribution in [1.82, 2.24) is 9.97 Å². The van der Waals surface area contributed by atoms with Gasteiger partial charge < -0.3 is 10.6 Å². The minimum absolute atomic E-state index is 0.597. The first-order chi connectivity index (χ1) is 9.80. The summed E-state index contributed by atoms with van der Waals surface area (Å²) >= 11 is 0. The van der Waals surface area contributed by atoms with Gasteiger partial charge in [0.25, 0.3) is 0 Å². The molecule has 0 unspecified atom stereocenters. The van der Waals surface area contributed by atoms with E-state index in [1.807, 2.05) is 25.2 Å². The van der Waals surface area contributed by atoms with Gasteiger partial charge in [0.1, 0.15) is 24.0 Å². The number of nitrogens with one attached hydrogen (secondary N) is 2. The third-order valence-electron chi connectivity index (χ3n) is 2.98. The van der Waals surface area contributed by atoms with Crippen molar-refractivity contribution in [3.05, 3.63) is 41.7 Å². The van der Waals surface area contributed by atoms with Crippen LogP contribution in [-0.2, 0) is 6.42 Å². The summed E-state index contributed by atoms with van der Waals surface area (Å²) in [6, 6.07) is 9.56. The Labute approximate surface area is 118 Å². The molecule has 0 radical (unpaired) electrons. The number of aromatic nitrogens is 2. The fourth-order valence-electron chi connectivity index (χ4n) is 2.04. The Balaban J connectivity index is 2.40. The Morgan fingerprint density at radius 3 is 2.65 bits per heavy atom. The van der Waals surface area contributed by atoms with Gasteiger partial charge in [-0.15, -0.1) is 0 Å². The van der Waals surface area contributed by atoms with Crippen LogP contribution in [0.25, 0.3) is 0 Å². The molecule has 0 bridgehead atoms. The van der Waals surface area contributed by atoms with E-state index in [2.05, 4.69) is 33.6 Å². The topological polar surface area (TPSA) is 73.6 Å². The molecule has 1 aromatic carbocycles. The molecular weight excluding hydrogens is 250 g/mol. The van der Waals surface area contributed by atoms with Gasteiger partial charge in [-0.1, -0.05) is 25.5 Å². The predicted molar refractivity (Wildman–Crippen MR) is 80.0 cm³/mol. The van der Waals surface area contributed by atoms with Crippen LogP contribution in [0, 0.1) is 11.3 Å². The van der Waals surface area contributed by atoms with Crippen molar-refractivity contribution < 1.29 is 0 Å². The summed E-state index contributed by atoms with van der Waals surface area (Å²) in [5.74, 6) is 1.56. The Morgan fingerprint density at radius 1 is 1.20 bits per heavy atom. The van der Waals surface area contributed by atoms with E-state index >= 15 is 0 Å². The van der Waals surface area contributed by atoms with Crippen molar-refractivity contribution >= 4 is 17.3 Å². The second kappa shape index (κ2) is 6.53. The number of hydrogen-bond acceptors (Lipinski definition) is 5. The lowest BCUT2D eigenvalue weighted by molar-refractivity contribution is 0.905. The zero-order chi connectivity index (χ0) is 14.4. The number of rotatable bonds is 5. The molecule has 0 aliphatic heterocycles. The number of hydrogen-bond donors (Lipinski definition) is 2. The minimum Gasteiger partial charge on any atom is -0.373 e. The fraction of sp³-hybridized carbons (Fsp3) is 0.267. The first kappa shape index (κ1) is 13.8. The summed E-state index contributed by atoms with van der Waals surface area (Å²) in [5, 5.41) is 15.5. The van der Waals surface area contributed by atoms with Gasteiger partial charge in [0.2, 0.25) is 0 Å². The van der Waals surface area contributed by atoms with Crippen molar-refractivity contribution in [1.29, 1.82) is 5.26 Å². The number of nitriles is 1. The lowest BCUT2D eigenvalue weighted by Gasteiger charge is -2.14. The van der Waals surface area contributed by atoms with Crippen LogP contribution in [0.1, 0.15) is 24.5 Å². The van der Waals surface area contributed by atoms with Crippen molar-refractivity contribution in [3.8, 4) is 6.07 Å². The highest BCUT2D eigenvalue weighted by Gasteiger charge is 2.11. The molecule has 0 saturated heterocycles. The van der Waals surface area contributed by atoms with Crippen molar-refractivity contribution in [2.75, 3.05) is 17.7 Å². The van der Waals surface area contributed by atoms with Crippen LogP contribution in [0.2, 0.25) is 0 Å².